The lowest BCUT2D eigenvalue weighted by atomic mass is 9.95. The maximum absolute atomic E-state index is 10.3. The first kappa shape index (κ1) is 13.9. The van der Waals surface area contributed by atoms with Crippen LogP contribution in [0.1, 0.15) is 39.4 Å². The minimum absolute atomic E-state index is 0.558. The van der Waals surface area contributed by atoms with Crippen LogP contribution >= 0.6 is 0 Å². The zero-order valence-electron chi connectivity index (χ0n) is 10.9. The molecule has 17 heavy (non-hydrogen) atoms. The molecule has 1 N–H and O–H groups in total. The summed E-state index contributed by atoms with van der Waals surface area (Å²) in [7, 11) is 0. The van der Waals surface area contributed by atoms with Crippen molar-refractivity contribution in [2.24, 2.45) is 0 Å². The summed E-state index contributed by atoms with van der Waals surface area (Å²) in [5, 5.41) is 10.3. The summed E-state index contributed by atoms with van der Waals surface area (Å²) in [5.41, 5.74) is 0.0655. The fourth-order valence-electron chi connectivity index (χ4n) is 1.68. The van der Waals surface area contributed by atoms with E-state index in [-0.39, 0.29) is 0 Å². The highest BCUT2D eigenvalue weighted by Gasteiger charge is 2.30. The Morgan fingerprint density at radius 3 is 2.59 bits per heavy atom. The Kier molecular flexibility index (Phi) is 4.90. The van der Waals surface area contributed by atoms with E-state index >= 15 is 0 Å². The zero-order valence-corrected chi connectivity index (χ0v) is 10.9. The van der Waals surface area contributed by atoms with Gasteiger partial charge in [-0.3, -0.25) is 4.98 Å². The predicted octanol–water partition coefficient (Wildman–Crippen LogP) is 2.33. The third kappa shape index (κ3) is 3.68. The van der Waals surface area contributed by atoms with Crippen molar-refractivity contribution < 1.29 is 14.6 Å². The average molecular weight is 239 g/mol. The summed E-state index contributed by atoms with van der Waals surface area (Å²) in [6.45, 7) is 8.67. The second-order valence-electron chi connectivity index (χ2n) is 4.33. The van der Waals surface area contributed by atoms with Crippen LogP contribution in [-0.4, -0.2) is 28.9 Å². The Balaban J connectivity index is 2.87. The van der Waals surface area contributed by atoms with Crippen LogP contribution in [0.5, 0.6) is 5.75 Å². The second-order valence-corrected chi connectivity index (χ2v) is 4.33. The minimum Gasteiger partial charge on any atom is -0.492 e. The smallest absolute Gasteiger partial charge is 0.137 e. The lowest BCUT2D eigenvalue weighted by Gasteiger charge is -2.30. The number of ether oxygens (including phenoxy) is 2. The molecule has 0 bridgehead atoms. The highest BCUT2D eigenvalue weighted by molar-refractivity contribution is 5.26. The Labute approximate surface area is 103 Å². The fraction of sp³-hybridized carbons (Fsp3) is 0.615. The molecule has 0 aromatic carbocycles. The molecule has 0 aliphatic heterocycles. The van der Waals surface area contributed by atoms with Crippen LogP contribution in [0, 0.1) is 0 Å². The van der Waals surface area contributed by atoms with Crippen molar-refractivity contribution in [2.45, 2.75) is 39.4 Å². The van der Waals surface area contributed by atoms with Gasteiger partial charge in [0, 0.05) is 18.4 Å². The van der Waals surface area contributed by atoms with Gasteiger partial charge in [-0.05, 0) is 33.8 Å². The number of aliphatic hydroxyl groups is 1. The van der Waals surface area contributed by atoms with Crippen molar-refractivity contribution in [3.05, 3.63) is 24.0 Å². The van der Waals surface area contributed by atoms with Crippen LogP contribution in [-0.2, 0) is 4.74 Å². The molecule has 0 spiro atoms. The number of rotatable bonds is 6. The molecule has 0 saturated heterocycles. The summed E-state index contributed by atoms with van der Waals surface area (Å²) in [5.74, 6) is 0.663. The van der Waals surface area contributed by atoms with Crippen LogP contribution in [0.2, 0.25) is 0 Å². The van der Waals surface area contributed by atoms with Gasteiger partial charge in [0.25, 0.3) is 0 Å². The number of nitrogens with zero attached hydrogens (tertiary/aromatic N) is 1. The molecular weight excluding hydrogens is 218 g/mol. The molecular formula is C13H21NO3. The lowest BCUT2D eigenvalue weighted by molar-refractivity contribution is -0.0984. The highest BCUT2D eigenvalue weighted by Crippen LogP contribution is 2.29. The van der Waals surface area contributed by atoms with Crippen molar-refractivity contribution in [2.75, 3.05) is 13.2 Å². The molecule has 1 rings (SSSR count). The van der Waals surface area contributed by atoms with Gasteiger partial charge in [0.15, 0.2) is 0 Å². The molecule has 0 aliphatic rings. The molecule has 0 fully saturated rings. The molecule has 1 unspecified atom stereocenters. The van der Waals surface area contributed by atoms with E-state index < -0.39 is 11.7 Å². The first-order valence-electron chi connectivity index (χ1n) is 5.91. The van der Waals surface area contributed by atoms with E-state index in [1.165, 1.54) is 0 Å². The van der Waals surface area contributed by atoms with Crippen LogP contribution in [0.15, 0.2) is 18.5 Å². The maximum Gasteiger partial charge on any atom is 0.137 e. The Morgan fingerprint density at radius 2 is 2.00 bits per heavy atom. The summed E-state index contributed by atoms with van der Waals surface area (Å²) in [6, 6.07) is 1.79. The van der Waals surface area contributed by atoms with Crippen LogP contribution < -0.4 is 4.74 Å². The molecule has 1 aromatic heterocycles. The topological polar surface area (TPSA) is 51.6 Å². The van der Waals surface area contributed by atoms with Crippen molar-refractivity contribution in [3.63, 3.8) is 0 Å². The molecule has 1 aromatic rings. The molecule has 4 heteroatoms. The van der Waals surface area contributed by atoms with Crippen molar-refractivity contribution in [3.8, 4) is 5.75 Å². The number of aromatic nitrogens is 1. The Hall–Kier alpha value is -1.13. The standard InChI is InChI=1S/C13H21NO3/c1-5-16-11-7-10(8-14-9-11)12(15)13(3,4)17-6-2/h7-9,12,15H,5-6H2,1-4H3. The normalized spacial score (nSPS) is 13.5. The van der Waals surface area contributed by atoms with Gasteiger partial charge in [0.1, 0.15) is 11.9 Å². The number of pyridine rings is 1. The summed E-state index contributed by atoms with van der Waals surface area (Å²) in [4.78, 5) is 4.06. The number of aliphatic hydroxyl groups excluding tert-OH is 1. The van der Waals surface area contributed by atoms with Gasteiger partial charge in [-0.25, -0.2) is 0 Å². The Morgan fingerprint density at radius 1 is 1.29 bits per heavy atom. The van der Waals surface area contributed by atoms with Gasteiger partial charge in [-0.1, -0.05) is 0 Å². The van der Waals surface area contributed by atoms with Crippen LogP contribution in [0.4, 0.5) is 0 Å². The Bertz CT molecular complexity index is 352. The monoisotopic (exact) mass is 239 g/mol. The van der Waals surface area contributed by atoms with Gasteiger partial charge >= 0.3 is 0 Å². The van der Waals surface area contributed by atoms with Crippen molar-refractivity contribution in [1.29, 1.82) is 0 Å². The van der Waals surface area contributed by atoms with Gasteiger partial charge in [-0.2, -0.15) is 0 Å². The van der Waals surface area contributed by atoms with E-state index in [2.05, 4.69) is 4.98 Å². The summed E-state index contributed by atoms with van der Waals surface area (Å²) < 4.78 is 10.9. The third-order valence-corrected chi connectivity index (χ3v) is 2.54. The first-order valence-corrected chi connectivity index (χ1v) is 5.91. The lowest BCUT2D eigenvalue weighted by Crippen LogP contribution is -2.32. The second kappa shape index (κ2) is 5.98. The van der Waals surface area contributed by atoms with E-state index in [1.807, 2.05) is 27.7 Å². The fourth-order valence-corrected chi connectivity index (χ4v) is 1.68. The van der Waals surface area contributed by atoms with Gasteiger partial charge in [-0.15, -0.1) is 0 Å². The molecule has 1 atom stereocenters. The summed E-state index contributed by atoms with van der Waals surface area (Å²) in [6.07, 6.45) is 2.54. The molecule has 0 saturated carbocycles. The summed E-state index contributed by atoms with van der Waals surface area (Å²) >= 11 is 0. The average Bonchev–Trinajstić information content (AvgIpc) is 2.29. The largest absolute Gasteiger partial charge is 0.492 e. The predicted molar refractivity (Wildman–Crippen MR) is 66.1 cm³/mol. The van der Waals surface area contributed by atoms with Crippen LogP contribution in [0.3, 0.4) is 0 Å². The molecule has 0 amide bonds. The van der Waals surface area contributed by atoms with Crippen LogP contribution in [0.25, 0.3) is 0 Å². The third-order valence-electron chi connectivity index (χ3n) is 2.54. The number of hydrogen-bond donors (Lipinski definition) is 1. The molecule has 0 aliphatic carbocycles. The van der Waals surface area contributed by atoms with E-state index in [4.69, 9.17) is 9.47 Å². The molecule has 1 heterocycles. The zero-order chi connectivity index (χ0) is 12.9. The van der Waals surface area contributed by atoms with Gasteiger partial charge in [0.05, 0.1) is 18.4 Å². The van der Waals surface area contributed by atoms with E-state index in [0.717, 1.165) is 0 Å². The quantitative estimate of drug-likeness (QED) is 0.827. The van der Waals surface area contributed by atoms with E-state index in [0.29, 0.717) is 24.5 Å². The first-order chi connectivity index (χ1) is 8.01. The van der Waals surface area contributed by atoms with E-state index in [9.17, 15) is 5.11 Å². The number of hydrogen-bond acceptors (Lipinski definition) is 4. The van der Waals surface area contributed by atoms with Crippen molar-refractivity contribution in [1.82, 2.24) is 4.98 Å². The van der Waals surface area contributed by atoms with Gasteiger partial charge in [0.2, 0.25) is 0 Å². The minimum atomic E-state index is -0.727. The molecule has 4 nitrogen and oxygen atoms in total. The molecule has 0 radical (unpaired) electrons. The van der Waals surface area contributed by atoms with Gasteiger partial charge < -0.3 is 14.6 Å². The van der Waals surface area contributed by atoms with Crippen molar-refractivity contribution >= 4 is 0 Å². The highest BCUT2D eigenvalue weighted by atomic mass is 16.5. The SMILES string of the molecule is CCOc1cncc(C(O)C(C)(C)OCC)c1. The van der Waals surface area contributed by atoms with E-state index in [1.54, 1.807) is 18.5 Å². The maximum atomic E-state index is 10.3. The molecule has 96 valence electrons.